The van der Waals surface area contributed by atoms with Crippen molar-refractivity contribution in [1.82, 2.24) is 0 Å². The molecular formula is C14H27NO2. The highest BCUT2D eigenvalue weighted by Gasteiger charge is 2.25. The Kier molecular flexibility index (Phi) is 9.78. The number of nitrogens with two attached hydrogens (primary N) is 1. The summed E-state index contributed by atoms with van der Waals surface area (Å²) in [7, 11) is 0. The van der Waals surface area contributed by atoms with Crippen LogP contribution >= 0.6 is 0 Å². The minimum Gasteiger partial charge on any atom is -0.369 e. The van der Waals surface area contributed by atoms with Gasteiger partial charge in [-0.3, -0.25) is 4.79 Å². The zero-order chi connectivity index (χ0) is 13.1. The van der Waals surface area contributed by atoms with E-state index >= 15 is 0 Å². The van der Waals surface area contributed by atoms with Gasteiger partial charge in [-0.15, -0.1) is 0 Å². The van der Waals surface area contributed by atoms with E-state index in [0.29, 0.717) is 0 Å². The zero-order valence-electron chi connectivity index (χ0n) is 11.3. The van der Waals surface area contributed by atoms with E-state index < -0.39 is 0 Å². The minimum absolute atomic E-state index is 0.170. The SMILES string of the molecule is CCCCCC(C=O)C(CCCCC)C(N)=O. The van der Waals surface area contributed by atoms with Gasteiger partial charge in [0.15, 0.2) is 0 Å². The van der Waals surface area contributed by atoms with Crippen molar-refractivity contribution in [2.75, 3.05) is 0 Å². The molecule has 1 amide bonds. The van der Waals surface area contributed by atoms with E-state index in [1.54, 1.807) is 0 Å². The molecule has 0 fully saturated rings. The summed E-state index contributed by atoms with van der Waals surface area (Å²) in [6.07, 6.45) is 8.96. The van der Waals surface area contributed by atoms with Crippen LogP contribution in [0, 0.1) is 11.8 Å². The number of carbonyl (C=O) groups excluding carboxylic acids is 2. The van der Waals surface area contributed by atoms with Gasteiger partial charge in [0.05, 0.1) is 0 Å². The molecule has 100 valence electrons. The number of amides is 1. The highest BCUT2D eigenvalue weighted by molar-refractivity contribution is 5.80. The van der Waals surface area contributed by atoms with E-state index in [0.717, 1.165) is 57.7 Å². The van der Waals surface area contributed by atoms with Gasteiger partial charge < -0.3 is 10.5 Å². The van der Waals surface area contributed by atoms with Gasteiger partial charge in [-0.1, -0.05) is 52.4 Å². The second-order valence-corrected chi connectivity index (χ2v) is 4.80. The highest BCUT2D eigenvalue weighted by Crippen LogP contribution is 2.22. The maximum absolute atomic E-state index is 11.4. The average Bonchev–Trinajstić information content (AvgIpc) is 2.31. The van der Waals surface area contributed by atoms with Gasteiger partial charge in [-0.25, -0.2) is 0 Å². The van der Waals surface area contributed by atoms with Gasteiger partial charge in [-0.05, 0) is 12.8 Å². The van der Waals surface area contributed by atoms with Crippen molar-refractivity contribution < 1.29 is 9.59 Å². The summed E-state index contributed by atoms with van der Waals surface area (Å²) in [5, 5.41) is 0. The summed E-state index contributed by atoms with van der Waals surface area (Å²) in [6.45, 7) is 4.25. The first kappa shape index (κ1) is 16.1. The van der Waals surface area contributed by atoms with Crippen molar-refractivity contribution in [3.63, 3.8) is 0 Å². The van der Waals surface area contributed by atoms with Gasteiger partial charge in [0.1, 0.15) is 6.29 Å². The van der Waals surface area contributed by atoms with Gasteiger partial charge in [-0.2, -0.15) is 0 Å². The third-order valence-electron chi connectivity index (χ3n) is 3.32. The topological polar surface area (TPSA) is 60.2 Å². The van der Waals surface area contributed by atoms with E-state index in [4.69, 9.17) is 5.73 Å². The first-order valence-corrected chi connectivity index (χ1v) is 6.91. The number of carbonyl (C=O) groups is 2. The molecule has 3 heteroatoms. The van der Waals surface area contributed by atoms with Crippen LogP contribution in [0.4, 0.5) is 0 Å². The Hall–Kier alpha value is -0.860. The molecule has 0 aliphatic carbocycles. The molecule has 2 atom stereocenters. The molecule has 0 aromatic rings. The summed E-state index contributed by atoms with van der Waals surface area (Å²) in [4.78, 5) is 22.5. The monoisotopic (exact) mass is 241 g/mol. The fraction of sp³-hybridized carbons (Fsp3) is 0.857. The van der Waals surface area contributed by atoms with Crippen molar-refractivity contribution in [2.24, 2.45) is 17.6 Å². The standard InChI is InChI=1S/C14H27NO2/c1-3-5-7-9-12(11-16)13(14(15)17)10-8-6-4-2/h11-13H,3-10H2,1-2H3,(H2,15,17). The molecule has 0 rings (SSSR count). The minimum atomic E-state index is -0.310. The number of hydrogen-bond acceptors (Lipinski definition) is 2. The summed E-state index contributed by atoms with van der Waals surface area (Å²) >= 11 is 0. The molecule has 0 heterocycles. The van der Waals surface area contributed by atoms with Crippen LogP contribution < -0.4 is 5.73 Å². The molecule has 0 aromatic carbocycles. The van der Waals surface area contributed by atoms with Gasteiger partial charge >= 0.3 is 0 Å². The lowest BCUT2D eigenvalue weighted by Gasteiger charge is -2.19. The van der Waals surface area contributed by atoms with Crippen LogP contribution in [0.25, 0.3) is 0 Å². The van der Waals surface area contributed by atoms with Crippen molar-refractivity contribution in [3.8, 4) is 0 Å². The molecule has 2 N–H and O–H groups in total. The molecule has 0 saturated heterocycles. The van der Waals surface area contributed by atoms with Gasteiger partial charge in [0.2, 0.25) is 5.91 Å². The van der Waals surface area contributed by atoms with E-state index in [2.05, 4.69) is 13.8 Å². The summed E-state index contributed by atoms with van der Waals surface area (Å²) in [5.41, 5.74) is 5.40. The van der Waals surface area contributed by atoms with E-state index in [-0.39, 0.29) is 17.7 Å². The average molecular weight is 241 g/mol. The van der Waals surface area contributed by atoms with Crippen LogP contribution in [0.3, 0.4) is 0 Å². The van der Waals surface area contributed by atoms with Crippen LogP contribution in [0.1, 0.15) is 65.2 Å². The van der Waals surface area contributed by atoms with E-state index in [1.165, 1.54) is 0 Å². The number of rotatable bonds is 11. The van der Waals surface area contributed by atoms with Crippen LogP contribution in [-0.4, -0.2) is 12.2 Å². The Bertz CT molecular complexity index is 216. The third kappa shape index (κ3) is 7.14. The lowest BCUT2D eigenvalue weighted by molar-refractivity contribution is -0.127. The summed E-state index contributed by atoms with van der Waals surface area (Å²) < 4.78 is 0. The zero-order valence-corrected chi connectivity index (χ0v) is 11.3. The van der Waals surface area contributed by atoms with Crippen LogP contribution in [0.2, 0.25) is 0 Å². The molecule has 0 saturated carbocycles. The fourth-order valence-corrected chi connectivity index (χ4v) is 2.18. The molecule has 17 heavy (non-hydrogen) atoms. The predicted molar refractivity (Wildman–Crippen MR) is 70.5 cm³/mol. The van der Waals surface area contributed by atoms with Gasteiger partial charge in [0, 0.05) is 11.8 Å². The number of hydrogen-bond donors (Lipinski definition) is 1. The number of primary amides is 1. The number of aldehydes is 1. The first-order valence-electron chi connectivity index (χ1n) is 6.91. The van der Waals surface area contributed by atoms with Crippen molar-refractivity contribution >= 4 is 12.2 Å². The Morgan fingerprint density at radius 2 is 1.59 bits per heavy atom. The summed E-state index contributed by atoms with van der Waals surface area (Å²) in [6, 6.07) is 0. The van der Waals surface area contributed by atoms with Crippen LogP contribution in [0.15, 0.2) is 0 Å². The van der Waals surface area contributed by atoms with Crippen molar-refractivity contribution in [1.29, 1.82) is 0 Å². The Labute approximate surface area is 105 Å². The lowest BCUT2D eigenvalue weighted by Crippen LogP contribution is -2.31. The second-order valence-electron chi connectivity index (χ2n) is 4.80. The second kappa shape index (κ2) is 10.3. The molecule has 0 aliphatic rings. The smallest absolute Gasteiger partial charge is 0.221 e. The fourth-order valence-electron chi connectivity index (χ4n) is 2.18. The molecular weight excluding hydrogens is 214 g/mol. The predicted octanol–water partition coefficient (Wildman–Crippen LogP) is 3.06. The van der Waals surface area contributed by atoms with Crippen molar-refractivity contribution in [3.05, 3.63) is 0 Å². The quantitative estimate of drug-likeness (QED) is 0.446. The van der Waals surface area contributed by atoms with Crippen LogP contribution in [0.5, 0.6) is 0 Å². The maximum atomic E-state index is 11.4. The summed E-state index contributed by atoms with van der Waals surface area (Å²) in [5.74, 6) is -0.735. The molecule has 0 aliphatic heterocycles. The van der Waals surface area contributed by atoms with Gasteiger partial charge in [0.25, 0.3) is 0 Å². The largest absolute Gasteiger partial charge is 0.369 e. The Morgan fingerprint density at radius 1 is 1.06 bits per heavy atom. The Morgan fingerprint density at radius 3 is 2.00 bits per heavy atom. The maximum Gasteiger partial charge on any atom is 0.221 e. The lowest BCUT2D eigenvalue weighted by atomic mass is 9.84. The number of unbranched alkanes of at least 4 members (excludes halogenated alkanes) is 4. The molecule has 0 spiro atoms. The highest BCUT2D eigenvalue weighted by atomic mass is 16.1. The normalized spacial score (nSPS) is 14.2. The molecule has 2 unspecified atom stereocenters. The van der Waals surface area contributed by atoms with Crippen molar-refractivity contribution in [2.45, 2.75) is 65.2 Å². The van der Waals surface area contributed by atoms with E-state index in [1.807, 2.05) is 0 Å². The van der Waals surface area contributed by atoms with Crippen LogP contribution in [-0.2, 0) is 9.59 Å². The van der Waals surface area contributed by atoms with E-state index in [9.17, 15) is 9.59 Å². The molecule has 0 bridgehead atoms. The Balaban J connectivity index is 4.20. The first-order chi connectivity index (χ1) is 8.17. The molecule has 3 nitrogen and oxygen atoms in total. The third-order valence-corrected chi connectivity index (χ3v) is 3.32. The molecule has 0 radical (unpaired) electrons. The molecule has 0 aromatic heterocycles.